The molecule has 0 bridgehead atoms. The number of carboxylic acids is 1. The Hall–Kier alpha value is -3.46. The van der Waals surface area contributed by atoms with E-state index in [9.17, 15) is 22.7 Å². The summed E-state index contributed by atoms with van der Waals surface area (Å²) in [4.78, 5) is 15.4. The summed E-state index contributed by atoms with van der Waals surface area (Å²) in [6.45, 7) is 1.46. The van der Waals surface area contributed by atoms with Crippen LogP contribution in [0.3, 0.4) is 0 Å². The molecule has 9 heteroatoms. The zero-order valence-electron chi connectivity index (χ0n) is 15.9. The monoisotopic (exact) mass is 428 g/mol. The van der Waals surface area contributed by atoms with Crippen molar-refractivity contribution >= 4 is 26.7 Å². The van der Waals surface area contributed by atoms with Crippen LogP contribution in [0.25, 0.3) is 10.9 Å². The van der Waals surface area contributed by atoms with Crippen LogP contribution < -0.4 is 0 Å². The van der Waals surface area contributed by atoms with E-state index in [4.69, 9.17) is 4.42 Å². The number of aromatic nitrogens is 2. The lowest BCUT2D eigenvalue weighted by molar-refractivity contribution is -0.137. The van der Waals surface area contributed by atoms with Crippen molar-refractivity contribution in [2.45, 2.75) is 30.0 Å². The van der Waals surface area contributed by atoms with Gasteiger partial charge in [0, 0.05) is 23.0 Å². The summed E-state index contributed by atoms with van der Waals surface area (Å²) in [5.74, 6) is -1.48. The standard InChI is InChI=1S/C21H17FN2O5S/c1-13-17(18-9-14(22)7-8-19(18)24(13)11-20(25)26)10-15-12-29-21(23-15)30(27,28)16-5-3-2-4-6-16/h2-9,12H,10-11H2,1H3,(H,25,26). The smallest absolute Gasteiger partial charge is 0.323 e. The van der Waals surface area contributed by atoms with Crippen LogP contribution in [-0.4, -0.2) is 29.0 Å². The summed E-state index contributed by atoms with van der Waals surface area (Å²) in [5.41, 5.74) is 2.20. The lowest BCUT2D eigenvalue weighted by Gasteiger charge is -2.05. The summed E-state index contributed by atoms with van der Waals surface area (Å²) in [6.07, 6.45) is 1.40. The fourth-order valence-electron chi connectivity index (χ4n) is 3.46. The molecule has 0 aliphatic rings. The van der Waals surface area contributed by atoms with E-state index in [1.165, 1.54) is 36.6 Å². The Balaban J connectivity index is 1.75. The number of benzene rings is 2. The van der Waals surface area contributed by atoms with Gasteiger partial charge in [-0.25, -0.2) is 17.8 Å². The van der Waals surface area contributed by atoms with Gasteiger partial charge in [-0.05, 0) is 42.8 Å². The average Bonchev–Trinajstić information content (AvgIpc) is 3.28. The van der Waals surface area contributed by atoms with Gasteiger partial charge in [-0.2, -0.15) is 0 Å². The first-order valence-corrected chi connectivity index (χ1v) is 10.5. The molecule has 0 radical (unpaired) electrons. The molecule has 4 aromatic rings. The molecule has 2 aromatic carbocycles. The van der Waals surface area contributed by atoms with E-state index in [0.29, 0.717) is 27.9 Å². The fraction of sp³-hybridized carbons (Fsp3) is 0.143. The predicted octanol–water partition coefficient (Wildman–Crippen LogP) is 3.59. The van der Waals surface area contributed by atoms with Crippen molar-refractivity contribution < 1.29 is 27.1 Å². The van der Waals surface area contributed by atoms with Crippen LogP contribution >= 0.6 is 0 Å². The molecule has 4 rings (SSSR count). The molecule has 2 heterocycles. The molecule has 0 saturated carbocycles. The maximum atomic E-state index is 13.9. The zero-order valence-corrected chi connectivity index (χ0v) is 16.7. The number of carbonyl (C=O) groups is 1. The quantitative estimate of drug-likeness (QED) is 0.504. The van der Waals surface area contributed by atoms with E-state index in [-0.39, 0.29) is 17.9 Å². The molecule has 0 aliphatic heterocycles. The van der Waals surface area contributed by atoms with Gasteiger partial charge in [0.1, 0.15) is 18.6 Å². The lowest BCUT2D eigenvalue weighted by Crippen LogP contribution is -2.10. The largest absolute Gasteiger partial charge is 0.480 e. The van der Waals surface area contributed by atoms with Crippen LogP contribution in [0.15, 0.2) is 69.3 Å². The molecule has 0 fully saturated rings. The number of nitrogens with zero attached hydrogens (tertiary/aromatic N) is 2. The molecule has 0 aliphatic carbocycles. The van der Waals surface area contributed by atoms with Crippen molar-refractivity contribution in [3.63, 3.8) is 0 Å². The van der Waals surface area contributed by atoms with Crippen molar-refractivity contribution in [2.24, 2.45) is 0 Å². The number of sulfone groups is 1. The molecule has 0 spiro atoms. The number of halogens is 1. The molecule has 2 aromatic heterocycles. The van der Waals surface area contributed by atoms with Crippen LogP contribution in [0.2, 0.25) is 0 Å². The number of fused-ring (bicyclic) bond motifs is 1. The van der Waals surface area contributed by atoms with Gasteiger partial charge in [0.15, 0.2) is 0 Å². The summed E-state index contributed by atoms with van der Waals surface area (Å²) in [5, 5.41) is 9.33. The van der Waals surface area contributed by atoms with Gasteiger partial charge in [0.25, 0.3) is 9.84 Å². The van der Waals surface area contributed by atoms with Crippen molar-refractivity contribution in [2.75, 3.05) is 0 Å². The van der Waals surface area contributed by atoms with Gasteiger partial charge in [0.2, 0.25) is 0 Å². The molecule has 0 saturated heterocycles. The van der Waals surface area contributed by atoms with Gasteiger partial charge in [0.05, 0.1) is 10.6 Å². The van der Waals surface area contributed by atoms with E-state index >= 15 is 0 Å². The highest BCUT2D eigenvalue weighted by molar-refractivity contribution is 7.91. The number of rotatable bonds is 6. The minimum absolute atomic E-state index is 0.0645. The first kappa shape index (κ1) is 19.8. The van der Waals surface area contributed by atoms with Gasteiger partial charge in [-0.1, -0.05) is 18.2 Å². The van der Waals surface area contributed by atoms with Gasteiger partial charge < -0.3 is 14.1 Å². The summed E-state index contributed by atoms with van der Waals surface area (Å²) < 4.78 is 46.0. The van der Waals surface area contributed by atoms with E-state index in [2.05, 4.69) is 4.98 Å². The maximum Gasteiger partial charge on any atom is 0.323 e. The summed E-state index contributed by atoms with van der Waals surface area (Å²) in [7, 11) is -3.90. The van der Waals surface area contributed by atoms with Crippen LogP contribution in [0.1, 0.15) is 17.0 Å². The Morgan fingerprint density at radius 1 is 1.20 bits per heavy atom. The SMILES string of the molecule is Cc1c(Cc2coc(S(=O)(=O)c3ccccc3)n2)c2cc(F)ccc2n1CC(=O)O. The topological polar surface area (TPSA) is 102 Å². The number of oxazole rings is 1. The molecule has 154 valence electrons. The third-order valence-electron chi connectivity index (χ3n) is 4.88. The van der Waals surface area contributed by atoms with Crippen LogP contribution in [0.4, 0.5) is 4.39 Å². The van der Waals surface area contributed by atoms with Crippen molar-refractivity contribution in [1.29, 1.82) is 0 Å². The van der Waals surface area contributed by atoms with Gasteiger partial charge >= 0.3 is 11.2 Å². The Bertz CT molecular complexity index is 1360. The zero-order chi connectivity index (χ0) is 21.5. The fourth-order valence-corrected chi connectivity index (χ4v) is 4.59. The number of hydrogen-bond acceptors (Lipinski definition) is 5. The van der Waals surface area contributed by atoms with E-state index < -0.39 is 26.8 Å². The third-order valence-corrected chi connectivity index (χ3v) is 6.42. The molecule has 7 nitrogen and oxygen atoms in total. The first-order chi connectivity index (χ1) is 14.3. The highest BCUT2D eigenvalue weighted by atomic mass is 32.2. The van der Waals surface area contributed by atoms with E-state index in [0.717, 1.165) is 0 Å². The van der Waals surface area contributed by atoms with Crippen LogP contribution in [0.5, 0.6) is 0 Å². The van der Waals surface area contributed by atoms with Gasteiger partial charge in [-0.15, -0.1) is 0 Å². The molecule has 30 heavy (non-hydrogen) atoms. The minimum Gasteiger partial charge on any atom is -0.480 e. The average molecular weight is 428 g/mol. The molecule has 1 N–H and O–H groups in total. The highest BCUT2D eigenvalue weighted by Crippen LogP contribution is 2.29. The highest BCUT2D eigenvalue weighted by Gasteiger charge is 2.25. The van der Waals surface area contributed by atoms with E-state index in [1.54, 1.807) is 29.7 Å². The third kappa shape index (κ3) is 3.48. The van der Waals surface area contributed by atoms with E-state index in [1.807, 2.05) is 0 Å². The minimum atomic E-state index is -3.90. The maximum absolute atomic E-state index is 13.9. The second-order valence-corrected chi connectivity index (χ2v) is 8.63. The molecule has 0 atom stereocenters. The predicted molar refractivity (Wildman–Crippen MR) is 105 cm³/mol. The first-order valence-electron chi connectivity index (χ1n) is 9.01. The Morgan fingerprint density at radius 3 is 2.63 bits per heavy atom. The normalized spacial score (nSPS) is 11.8. The van der Waals surface area contributed by atoms with Crippen LogP contribution in [-0.2, 0) is 27.6 Å². The molecule has 0 unspecified atom stereocenters. The lowest BCUT2D eigenvalue weighted by atomic mass is 10.1. The second kappa shape index (κ2) is 7.42. The molecule has 0 amide bonds. The number of aliphatic carboxylic acids is 1. The molecular weight excluding hydrogens is 411 g/mol. The van der Waals surface area contributed by atoms with Crippen molar-refractivity contribution in [3.8, 4) is 0 Å². The Labute approximate surface area is 171 Å². The molecular formula is C21H17FN2O5S. The number of hydrogen-bond donors (Lipinski definition) is 1. The van der Waals surface area contributed by atoms with Gasteiger partial charge in [-0.3, -0.25) is 4.79 Å². The van der Waals surface area contributed by atoms with Crippen molar-refractivity contribution in [1.82, 2.24) is 9.55 Å². The summed E-state index contributed by atoms with van der Waals surface area (Å²) in [6, 6.07) is 11.9. The van der Waals surface area contributed by atoms with Crippen LogP contribution in [0, 0.1) is 12.7 Å². The Morgan fingerprint density at radius 2 is 1.93 bits per heavy atom. The van der Waals surface area contributed by atoms with Crippen molar-refractivity contribution in [3.05, 3.63) is 77.6 Å². The number of carboxylic acid groups (broad SMARTS) is 1. The summed E-state index contributed by atoms with van der Waals surface area (Å²) >= 11 is 0. The Kier molecular flexibility index (Phi) is 4.90. The second-order valence-electron chi connectivity index (χ2n) is 6.80.